The molecule has 1 N–H and O–H groups in total. The van der Waals surface area contributed by atoms with Crippen molar-refractivity contribution in [3.8, 4) is 11.5 Å². The number of nitrogens with one attached hydrogen (secondary N) is 1. The molecule has 1 aromatic carbocycles. The summed E-state index contributed by atoms with van der Waals surface area (Å²) < 4.78 is 5.96. The minimum Gasteiger partial charge on any atom is -0.453 e. The van der Waals surface area contributed by atoms with Crippen molar-refractivity contribution < 1.29 is 4.42 Å². The Kier molecular flexibility index (Phi) is 3.37. The Morgan fingerprint density at radius 1 is 1.15 bits per heavy atom. The van der Waals surface area contributed by atoms with Gasteiger partial charge in [-0.1, -0.05) is 0 Å². The highest BCUT2D eigenvalue weighted by Gasteiger charge is 2.08. The van der Waals surface area contributed by atoms with Gasteiger partial charge < -0.3 is 9.73 Å². The van der Waals surface area contributed by atoms with Crippen molar-refractivity contribution in [3.05, 3.63) is 41.8 Å². The van der Waals surface area contributed by atoms with Crippen molar-refractivity contribution in [2.45, 2.75) is 13.8 Å². The maximum atomic E-state index is 5.96. The average Bonchev–Trinajstić information content (AvgIpc) is 2.46. The average molecular weight is 267 g/mol. The van der Waals surface area contributed by atoms with Crippen molar-refractivity contribution in [1.82, 2.24) is 4.98 Å². The van der Waals surface area contributed by atoms with E-state index in [1.54, 1.807) is 0 Å². The van der Waals surface area contributed by atoms with Gasteiger partial charge in [-0.3, -0.25) is 4.99 Å². The Labute approximate surface area is 117 Å². The molecule has 2 aliphatic rings. The molecular weight excluding hydrogens is 250 g/mol. The quantitative estimate of drug-likeness (QED) is 0.741. The van der Waals surface area contributed by atoms with Crippen LogP contribution in [-0.2, 0) is 0 Å². The van der Waals surface area contributed by atoms with E-state index in [9.17, 15) is 0 Å². The summed E-state index contributed by atoms with van der Waals surface area (Å²) in [4.78, 5) is 9.00. The van der Waals surface area contributed by atoms with Gasteiger partial charge in [-0.25, -0.2) is 4.98 Å². The molecule has 0 saturated carbocycles. The van der Waals surface area contributed by atoms with Crippen LogP contribution in [0.15, 0.2) is 45.8 Å². The third-order valence-corrected chi connectivity index (χ3v) is 3.09. The minimum absolute atomic E-state index is 0.761. The maximum absolute atomic E-state index is 5.96. The van der Waals surface area contributed by atoms with E-state index in [4.69, 9.17) is 4.42 Å². The van der Waals surface area contributed by atoms with Crippen LogP contribution in [0, 0.1) is 0 Å². The molecular formula is C16H17N3O. The lowest BCUT2D eigenvalue weighted by Crippen LogP contribution is -2.03. The normalized spacial score (nSPS) is 12.2. The number of benzene rings is 2. The van der Waals surface area contributed by atoms with Gasteiger partial charge in [0.25, 0.3) is 0 Å². The number of anilines is 1. The summed E-state index contributed by atoms with van der Waals surface area (Å²) in [7, 11) is 0. The molecule has 4 heteroatoms. The predicted octanol–water partition coefficient (Wildman–Crippen LogP) is 3.29. The van der Waals surface area contributed by atoms with E-state index >= 15 is 0 Å². The van der Waals surface area contributed by atoms with Crippen molar-refractivity contribution in [3.63, 3.8) is 0 Å². The molecule has 0 atom stereocenters. The van der Waals surface area contributed by atoms with Crippen LogP contribution in [0.5, 0.6) is 0 Å². The van der Waals surface area contributed by atoms with Gasteiger partial charge in [0.2, 0.25) is 0 Å². The number of fused-ring (bicyclic) bond motifs is 2. The first-order valence-corrected chi connectivity index (χ1v) is 6.89. The van der Waals surface area contributed by atoms with E-state index in [0.29, 0.717) is 0 Å². The second-order valence-electron chi connectivity index (χ2n) is 4.55. The van der Waals surface area contributed by atoms with E-state index in [-0.39, 0.29) is 0 Å². The van der Waals surface area contributed by atoms with E-state index in [1.807, 2.05) is 43.3 Å². The fraction of sp³-hybridized carbons (Fsp3) is 0.250. The molecule has 0 fully saturated rings. The Morgan fingerprint density at radius 2 is 2.05 bits per heavy atom. The third-order valence-electron chi connectivity index (χ3n) is 3.09. The SMILES string of the molecule is CCN=c1ccc2nc3ccc(NCC)cc3oc-2c1. The molecule has 1 aliphatic carbocycles. The lowest BCUT2D eigenvalue weighted by molar-refractivity contribution is 0.612. The summed E-state index contributed by atoms with van der Waals surface area (Å²) in [5.41, 5.74) is 3.53. The lowest BCUT2D eigenvalue weighted by Gasteiger charge is -2.08. The van der Waals surface area contributed by atoms with Crippen LogP contribution in [0.4, 0.5) is 5.69 Å². The molecule has 0 saturated heterocycles. The highest BCUT2D eigenvalue weighted by molar-refractivity contribution is 5.79. The Morgan fingerprint density at radius 3 is 2.85 bits per heavy atom. The summed E-state index contributed by atoms with van der Waals surface area (Å²) in [5, 5.41) is 4.20. The van der Waals surface area contributed by atoms with Crippen LogP contribution < -0.4 is 10.7 Å². The molecule has 0 bridgehead atoms. The zero-order valence-electron chi connectivity index (χ0n) is 11.7. The first-order valence-electron chi connectivity index (χ1n) is 6.89. The molecule has 0 spiro atoms. The van der Waals surface area contributed by atoms with Crippen LogP contribution in [0.25, 0.3) is 22.6 Å². The van der Waals surface area contributed by atoms with Crippen LogP contribution >= 0.6 is 0 Å². The maximum Gasteiger partial charge on any atom is 0.155 e. The molecule has 0 amide bonds. The van der Waals surface area contributed by atoms with E-state index in [1.165, 1.54) is 0 Å². The molecule has 0 aromatic heterocycles. The van der Waals surface area contributed by atoms with Gasteiger partial charge in [-0.05, 0) is 38.1 Å². The fourth-order valence-corrected chi connectivity index (χ4v) is 2.21. The second kappa shape index (κ2) is 5.33. The minimum atomic E-state index is 0.761. The summed E-state index contributed by atoms with van der Waals surface area (Å²) in [6.07, 6.45) is 0. The molecule has 0 radical (unpaired) electrons. The van der Waals surface area contributed by atoms with Crippen molar-refractivity contribution in [1.29, 1.82) is 0 Å². The first-order chi connectivity index (χ1) is 9.80. The number of rotatable bonds is 3. The summed E-state index contributed by atoms with van der Waals surface area (Å²) in [6, 6.07) is 11.8. The second-order valence-corrected chi connectivity index (χ2v) is 4.55. The lowest BCUT2D eigenvalue weighted by atomic mass is 10.2. The molecule has 1 aromatic rings. The molecule has 1 heterocycles. The van der Waals surface area contributed by atoms with E-state index in [0.717, 1.165) is 46.7 Å². The van der Waals surface area contributed by atoms with Crippen LogP contribution in [0.3, 0.4) is 0 Å². The molecule has 0 unspecified atom stereocenters. The monoisotopic (exact) mass is 267 g/mol. The Hall–Kier alpha value is -2.36. The first kappa shape index (κ1) is 12.7. The number of aromatic nitrogens is 1. The largest absolute Gasteiger partial charge is 0.453 e. The Bertz CT molecular complexity index is 776. The fourth-order valence-electron chi connectivity index (χ4n) is 2.21. The predicted molar refractivity (Wildman–Crippen MR) is 80.9 cm³/mol. The van der Waals surface area contributed by atoms with Gasteiger partial charge in [0, 0.05) is 30.9 Å². The molecule has 4 nitrogen and oxygen atoms in total. The molecule has 3 rings (SSSR count). The van der Waals surface area contributed by atoms with Crippen molar-refractivity contribution in [2.24, 2.45) is 4.99 Å². The number of hydrogen-bond acceptors (Lipinski definition) is 4. The third kappa shape index (κ3) is 2.37. The Balaban J connectivity index is 2.20. The summed E-state index contributed by atoms with van der Waals surface area (Å²) >= 11 is 0. The van der Waals surface area contributed by atoms with E-state index < -0.39 is 0 Å². The molecule has 1 aliphatic heterocycles. The molecule has 102 valence electrons. The zero-order valence-corrected chi connectivity index (χ0v) is 11.7. The highest BCUT2D eigenvalue weighted by atomic mass is 16.3. The van der Waals surface area contributed by atoms with Gasteiger partial charge in [-0.2, -0.15) is 0 Å². The van der Waals surface area contributed by atoms with Crippen molar-refractivity contribution in [2.75, 3.05) is 18.4 Å². The standard InChI is InChI=1S/C16H17N3O/c1-3-17-11-5-7-13-15(9-11)20-16-10-12(18-4-2)6-8-14(16)19-13/h5-10,17H,3-4H2,1-2H3. The highest BCUT2D eigenvalue weighted by Crippen LogP contribution is 2.25. The summed E-state index contributed by atoms with van der Waals surface area (Å²) in [6.45, 7) is 5.73. The van der Waals surface area contributed by atoms with Gasteiger partial charge in [-0.15, -0.1) is 0 Å². The molecule has 20 heavy (non-hydrogen) atoms. The van der Waals surface area contributed by atoms with Gasteiger partial charge >= 0.3 is 0 Å². The number of nitrogens with zero attached hydrogens (tertiary/aromatic N) is 2. The van der Waals surface area contributed by atoms with Crippen LogP contribution in [0.2, 0.25) is 0 Å². The summed E-state index contributed by atoms with van der Waals surface area (Å²) in [5.74, 6) is 0.765. The smallest absolute Gasteiger partial charge is 0.155 e. The van der Waals surface area contributed by atoms with Crippen LogP contribution in [0.1, 0.15) is 13.8 Å². The van der Waals surface area contributed by atoms with E-state index in [2.05, 4.69) is 22.2 Å². The van der Waals surface area contributed by atoms with Crippen molar-refractivity contribution >= 4 is 16.8 Å². The van der Waals surface area contributed by atoms with Gasteiger partial charge in [0.15, 0.2) is 11.3 Å². The van der Waals surface area contributed by atoms with Gasteiger partial charge in [0.1, 0.15) is 11.2 Å². The topological polar surface area (TPSA) is 50.4 Å². The zero-order chi connectivity index (χ0) is 13.9. The number of hydrogen-bond donors (Lipinski definition) is 1. The van der Waals surface area contributed by atoms with Gasteiger partial charge in [0.05, 0.1) is 5.36 Å². The van der Waals surface area contributed by atoms with Crippen LogP contribution in [-0.4, -0.2) is 18.1 Å².